The first-order valence-corrected chi connectivity index (χ1v) is 12.4. The molecular weight excluding hydrogens is 478 g/mol. The number of nitriles is 2. The van der Waals surface area contributed by atoms with Gasteiger partial charge in [-0.1, -0.05) is 6.07 Å². The average Bonchev–Trinajstić information content (AvgIpc) is 3.14. The minimum atomic E-state index is -0.709. The molecule has 11 heteroatoms. The summed E-state index contributed by atoms with van der Waals surface area (Å²) >= 11 is 1.01. The number of thiazole rings is 1. The van der Waals surface area contributed by atoms with Crippen LogP contribution in [0.5, 0.6) is 0 Å². The molecule has 0 aliphatic rings. The average molecular weight is 510 g/mol. The van der Waals surface area contributed by atoms with Gasteiger partial charge in [0.25, 0.3) is 11.5 Å². The molecule has 0 aliphatic heterocycles. The Morgan fingerprint density at radius 1 is 1.17 bits per heavy atom. The molecule has 0 saturated carbocycles. The maximum Gasteiger partial charge on any atom is 0.270 e. The van der Waals surface area contributed by atoms with Crippen molar-refractivity contribution in [2.75, 3.05) is 23.7 Å². The van der Waals surface area contributed by atoms with Crippen molar-refractivity contribution in [3.05, 3.63) is 43.8 Å². The first kappa shape index (κ1) is 28.3. The van der Waals surface area contributed by atoms with Gasteiger partial charge in [-0.05, 0) is 52.8 Å². The number of nitrogens with one attached hydrogen (secondary N) is 3. The zero-order chi connectivity index (χ0) is 26.8. The number of anilines is 2. The van der Waals surface area contributed by atoms with Crippen LogP contribution in [-0.4, -0.2) is 46.5 Å². The molecule has 2 rings (SSSR count). The quantitative estimate of drug-likeness (QED) is 0.408. The van der Waals surface area contributed by atoms with E-state index in [4.69, 9.17) is 5.26 Å². The van der Waals surface area contributed by atoms with Crippen molar-refractivity contribution in [3.8, 4) is 12.1 Å². The van der Waals surface area contributed by atoms with Crippen LogP contribution in [0.4, 0.5) is 11.4 Å². The number of rotatable bonds is 10. The lowest BCUT2D eigenvalue weighted by Gasteiger charge is -2.29. The van der Waals surface area contributed by atoms with Crippen LogP contribution in [0.15, 0.2) is 29.1 Å². The Morgan fingerprint density at radius 3 is 2.42 bits per heavy atom. The van der Waals surface area contributed by atoms with Crippen LogP contribution in [0.1, 0.15) is 34.6 Å². The molecular formula is C25H31N7O3S. The topological polar surface area (TPSA) is 143 Å². The Labute approximate surface area is 214 Å². The van der Waals surface area contributed by atoms with E-state index < -0.39 is 5.91 Å². The zero-order valence-electron chi connectivity index (χ0n) is 21.1. The van der Waals surface area contributed by atoms with E-state index in [0.717, 1.165) is 11.3 Å². The molecule has 2 aromatic rings. The van der Waals surface area contributed by atoms with E-state index in [1.807, 2.05) is 33.8 Å². The number of carbonyl (C=O) groups excluding carboxylic acids is 2. The molecule has 2 amide bonds. The number of benzene rings is 1. The lowest BCUT2D eigenvalue weighted by atomic mass is 10.2. The van der Waals surface area contributed by atoms with E-state index in [0.29, 0.717) is 15.9 Å². The van der Waals surface area contributed by atoms with Gasteiger partial charge < -0.3 is 16.0 Å². The van der Waals surface area contributed by atoms with Crippen LogP contribution < -0.4 is 30.7 Å². The van der Waals surface area contributed by atoms with Gasteiger partial charge in [0.2, 0.25) is 5.91 Å². The van der Waals surface area contributed by atoms with Crippen LogP contribution in [0.2, 0.25) is 0 Å². The second kappa shape index (κ2) is 13.2. The molecule has 1 aromatic heterocycles. The number of nitrogens with zero attached hydrogens (tertiary/aromatic N) is 4. The van der Waals surface area contributed by atoms with Gasteiger partial charge in [0.15, 0.2) is 5.57 Å². The fraction of sp³-hybridized carbons (Fsp3) is 0.400. The smallest absolute Gasteiger partial charge is 0.270 e. The summed E-state index contributed by atoms with van der Waals surface area (Å²) < 4.78 is 1.86. The molecule has 0 bridgehead atoms. The monoisotopic (exact) mass is 509 g/mol. The SMILES string of the molecule is CCn1c(=O)/c(=C\Nc2cccc(NC(=O)CN(C(C)C)C(C)C)c2)s/c1=C(/C#N)C(=O)NCC#N. The number of hydrogen-bond acceptors (Lipinski definition) is 8. The van der Waals surface area contributed by atoms with Crippen molar-refractivity contribution in [1.29, 1.82) is 10.5 Å². The second-order valence-corrected chi connectivity index (χ2v) is 9.46. The highest BCUT2D eigenvalue weighted by Crippen LogP contribution is 2.15. The third-order valence-electron chi connectivity index (χ3n) is 5.27. The first-order valence-electron chi connectivity index (χ1n) is 11.5. The van der Waals surface area contributed by atoms with Crippen molar-refractivity contribution in [3.63, 3.8) is 0 Å². The van der Waals surface area contributed by atoms with Gasteiger partial charge in [0.05, 0.1) is 12.6 Å². The number of hydrogen-bond donors (Lipinski definition) is 3. The molecule has 190 valence electrons. The molecule has 0 atom stereocenters. The highest BCUT2D eigenvalue weighted by Gasteiger charge is 2.17. The highest BCUT2D eigenvalue weighted by atomic mass is 32.1. The summed E-state index contributed by atoms with van der Waals surface area (Å²) in [5.41, 5.74) is 0.678. The first-order chi connectivity index (χ1) is 17.1. The van der Waals surface area contributed by atoms with Crippen LogP contribution >= 0.6 is 11.3 Å². The molecule has 0 saturated heterocycles. The molecule has 0 spiro atoms. The molecule has 1 aromatic carbocycles. The van der Waals surface area contributed by atoms with E-state index in [2.05, 4.69) is 20.9 Å². The van der Waals surface area contributed by atoms with Gasteiger partial charge in [-0.3, -0.25) is 23.9 Å². The van der Waals surface area contributed by atoms with Crippen molar-refractivity contribution in [1.82, 2.24) is 14.8 Å². The minimum absolute atomic E-state index is 0.124. The van der Waals surface area contributed by atoms with Gasteiger partial charge in [-0.25, -0.2) is 0 Å². The van der Waals surface area contributed by atoms with Crippen molar-refractivity contribution in [2.24, 2.45) is 0 Å². The van der Waals surface area contributed by atoms with Gasteiger partial charge in [-0.2, -0.15) is 10.5 Å². The summed E-state index contributed by atoms with van der Waals surface area (Å²) in [6.45, 7) is 10.2. The number of aromatic nitrogens is 1. The molecule has 10 nitrogen and oxygen atoms in total. The maximum atomic E-state index is 12.9. The summed E-state index contributed by atoms with van der Waals surface area (Å²) in [4.78, 5) is 39.8. The maximum absolute atomic E-state index is 12.9. The normalized spacial score (nSPS) is 12.3. The standard InChI is InChI=1S/C25H31N7O3S/c1-6-31-24(35)21(36-25(31)20(13-27)23(34)28-11-10-26)14-29-18-8-7-9-19(12-18)30-22(33)15-32(16(2)3)17(4)5/h7-9,12,14,16-17,29H,6,11,15H2,1-5H3,(H,28,34)(H,30,33)/b21-14+,25-20-. The fourth-order valence-corrected chi connectivity index (χ4v) is 4.65. The van der Waals surface area contributed by atoms with Crippen LogP contribution in [0.3, 0.4) is 0 Å². The molecule has 36 heavy (non-hydrogen) atoms. The predicted octanol–water partition coefficient (Wildman–Crippen LogP) is 1.15. The van der Waals surface area contributed by atoms with Gasteiger partial charge >= 0.3 is 0 Å². The number of carbonyl (C=O) groups is 2. The Balaban J connectivity index is 2.31. The predicted molar refractivity (Wildman–Crippen MR) is 141 cm³/mol. The van der Waals surface area contributed by atoms with Crippen LogP contribution in [0.25, 0.3) is 11.8 Å². The van der Waals surface area contributed by atoms with Crippen LogP contribution in [0, 0.1) is 22.7 Å². The summed E-state index contributed by atoms with van der Waals surface area (Å²) in [6, 6.07) is 11.2. The van der Waals surface area contributed by atoms with Crippen molar-refractivity contribution < 1.29 is 9.59 Å². The van der Waals surface area contributed by atoms with Crippen molar-refractivity contribution in [2.45, 2.75) is 53.2 Å². The molecule has 3 N–H and O–H groups in total. The largest absolute Gasteiger partial charge is 0.360 e. The molecule has 1 heterocycles. The van der Waals surface area contributed by atoms with Gasteiger partial charge in [0.1, 0.15) is 21.8 Å². The van der Waals surface area contributed by atoms with Gasteiger partial charge in [0, 0.05) is 36.2 Å². The van der Waals surface area contributed by atoms with E-state index in [1.165, 1.54) is 10.8 Å². The molecule has 0 radical (unpaired) electrons. The summed E-state index contributed by atoms with van der Waals surface area (Å²) in [6.07, 6.45) is 1.50. The van der Waals surface area contributed by atoms with Gasteiger partial charge in [-0.15, -0.1) is 11.3 Å². The Hall–Kier alpha value is -3.93. The Morgan fingerprint density at radius 2 is 1.83 bits per heavy atom. The summed E-state index contributed by atoms with van der Waals surface area (Å²) in [7, 11) is 0. The summed E-state index contributed by atoms with van der Waals surface area (Å²) in [5, 5.41) is 26.4. The zero-order valence-corrected chi connectivity index (χ0v) is 21.9. The number of amides is 2. The third-order valence-corrected chi connectivity index (χ3v) is 6.40. The third kappa shape index (κ3) is 7.28. The Kier molecular flexibility index (Phi) is 10.4. The van der Waals surface area contributed by atoms with Crippen molar-refractivity contribution >= 4 is 46.3 Å². The lowest BCUT2D eigenvalue weighted by Crippen LogP contribution is -2.42. The molecule has 0 fully saturated rings. The van der Waals surface area contributed by atoms with E-state index >= 15 is 0 Å². The lowest BCUT2D eigenvalue weighted by molar-refractivity contribution is -0.118. The van der Waals surface area contributed by atoms with E-state index in [1.54, 1.807) is 37.3 Å². The molecule has 0 aliphatic carbocycles. The van der Waals surface area contributed by atoms with E-state index in [-0.39, 0.29) is 53.4 Å². The minimum Gasteiger partial charge on any atom is -0.360 e. The van der Waals surface area contributed by atoms with E-state index in [9.17, 15) is 19.6 Å². The fourth-order valence-electron chi connectivity index (χ4n) is 3.56. The summed E-state index contributed by atoms with van der Waals surface area (Å²) in [5.74, 6) is -0.833. The highest BCUT2D eigenvalue weighted by molar-refractivity contribution is 7.07. The second-order valence-electron chi connectivity index (χ2n) is 8.43. The Bertz CT molecular complexity index is 1350. The van der Waals surface area contributed by atoms with Crippen LogP contribution in [-0.2, 0) is 16.1 Å². The molecule has 0 unspecified atom stereocenters.